The Labute approximate surface area is 86.2 Å². The molecule has 0 saturated heterocycles. The van der Waals surface area contributed by atoms with Crippen LogP contribution in [0.3, 0.4) is 0 Å². The molecule has 0 aliphatic rings. The van der Waals surface area contributed by atoms with Crippen molar-refractivity contribution in [2.24, 2.45) is 0 Å². The van der Waals surface area contributed by atoms with Gasteiger partial charge in [0.1, 0.15) is 0 Å². The Morgan fingerprint density at radius 1 is 1.20 bits per heavy atom. The molecule has 1 rings (SSSR count). The fraction of sp³-hybridized carbons (Fsp3) is 0.273. The SMILES string of the molecule is Cc1ccc(/C=C/OCC(F)(F)F)cc1. The van der Waals surface area contributed by atoms with E-state index in [9.17, 15) is 13.2 Å². The number of aryl methyl sites for hydroxylation is 1. The third kappa shape index (κ3) is 5.10. The lowest BCUT2D eigenvalue weighted by Gasteiger charge is -2.04. The van der Waals surface area contributed by atoms with Crippen LogP contribution in [-0.2, 0) is 4.74 Å². The zero-order valence-electron chi connectivity index (χ0n) is 8.21. The van der Waals surface area contributed by atoms with Crippen molar-refractivity contribution in [1.29, 1.82) is 0 Å². The smallest absolute Gasteiger partial charge is 0.422 e. The van der Waals surface area contributed by atoms with E-state index in [0.717, 1.165) is 17.4 Å². The summed E-state index contributed by atoms with van der Waals surface area (Å²) in [4.78, 5) is 0. The number of hydrogen-bond donors (Lipinski definition) is 0. The predicted octanol–water partition coefficient (Wildman–Crippen LogP) is 3.54. The highest BCUT2D eigenvalue weighted by Crippen LogP contribution is 2.14. The normalized spacial score (nSPS) is 12.0. The van der Waals surface area contributed by atoms with Crippen molar-refractivity contribution in [3.63, 3.8) is 0 Å². The van der Waals surface area contributed by atoms with Gasteiger partial charge in [0.05, 0.1) is 6.26 Å². The van der Waals surface area contributed by atoms with Crippen LogP contribution in [0, 0.1) is 6.92 Å². The quantitative estimate of drug-likeness (QED) is 0.702. The number of halogens is 3. The number of ether oxygens (including phenoxy) is 1. The van der Waals surface area contributed by atoms with E-state index in [1.807, 2.05) is 31.2 Å². The van der Waals surface area contributed by atoms with Crippen molar-refractivity contribution >= 4 is 6.08 Å². The number of benzene rings is 1. The summed E-state index contributed by atoms with van der Waals surface area (Å²) in [5, 5.41) is 0. The van der Waals surface area contributed by atoms with Crippen molar-refractivity contribution in [2.75, 3.05) is 6.61 Å². The number of rotatable bonds is 3. The Balaban J connectivity index is 2.42. The average Bonchev–Trinajstić information content (AvgIpc) is 2.14. The van der Waals surface area contributed by atoms with Gasteiger partial charge in [0.15, 0.2) is 6.61 Å². The second kappa shape index (κ2) is 4.87. The third-order valence-corrected chi connectivity index (χ3v) is 1.68. The molecule has 1 aromatic rings. The zero-order valence-corrected chi connectivity index (χ0v) is 8.21. The van der Waals surface area contributed by atoms with Crippen LogP contribution in [0.2, 0.25) is 0 Å². The first-order valence-corrected chi connectivity index (χ1v) is 4.39. The third-order valence-electron chi connectivity index (χ3n) is 1.68. The minimum absolute atomic E-state index is 0.808. The molecule has 0 saturated carbocycles. The van der Waals surface area contributed by atoms with Crippen LogP contribution in [0.1, 0.15) is 11.1 Å². The topological polar surface area (TPSA) is 9.23 Å². The molecule has 15 heavy (non-hydrogen) atoms. The lowest BCUT2D eigenvalue weighted by molar-refractivity contribution is -0.161. The maximum atomic E-state index is 11.7. The fourth-order valence-corrected chi connectivity index (χ4v) is 0.947. The first-order chi connectivity index (χ1) is 6.97. The molecule has 1 aromatic carbocycles. The molecule has 4 heteroatoms. The van der Waals surface area contributed by atoms with Gasteiger partial charge < -0.3 is 4.74 Å². The van der Waals surface area contributed by atoms with Crippen LogP contribution in [-0.4, -0.2) is 12.8 Å². The zero-order chi connectivity index (χ0) is 11.3. The summed E-state index contributed by atoms with van der Waals surface area (Å²) in [5.41, 5.74) is 1.91. The van der Waals surface area contributed by atoms with Crippen LogP contribution in [0.4, 0.5) is 13.2 Å². The maximum absolute atomic E-state index is 11.7. The van der Waals surface area contributed by atoms with Crippen LogP contribution in [0.5, 0.6) is 0 Å². The van der Waals surface area contributed by atoms with Gasteiger partial charge in [-0.1, -0.05) is 29.8 Å². The highest BCUT2D eigenvalue weighted by molar-refractivity contribution is 5.48. The van der Waals surface area contributed by atoms with Gasteiger partial charge in [-0.05, 0) is 18.6 Å². The standard InChI is InChI=1S/C11H11F3O/c1-9-2-4-10(5-3-9)6-7-15-8-11(12,13)14/h2-7H,8H2,1H3/b7-6+. The summed E-state index contributed by atoms with van der Waals surface area (Å²) in [5.74, 6) is 0. The Bertz CT molecular complexity index is 325. The molecule has 0 fully saturated rings. The monoisotopic (exact) mass is 216 g/mol. The van der Waals surface area contributed by atoms with E-state index in [2.05, 4.69) is 4.74 Å². The van der Waals surface area contributed by atoms with Crippen molar-refractivity contribution in [2.45, 2.75) is 13.1 Å². The van der Waals surface area contributed by atoms with Gasteiger partial charge in [0, 0.05) is 0 Å². The highest BCUT2D eigenvalue weighted by Gasteiger charge is 2.27. The van der Waals surface area contributed by atoms with Crippen molar-refractivity contribution in [3.05, 3.63) is 41.7 Å². The molecular weight excluding hydrogens is 205 g/mol. The van der Waals surface area contributed by atoms with E-state index in [4.69, 9.17) is 0 Å². The number of alkyl halides is 3. The molecular formula is C11H11F3O. The van der Waals surface area contributed by atoms with Crippen LogP contribution in [0.25, 0.3) is 6.08 Å². The molecule has 0 unspecified atom stereocenters. The van der Waals surface area contributed by atoms with Gasteiger partial charge in [0.25, 0.3) is 0 Å². The summed E-state index contributed by atoms with van der Waals surface area (Å²) in [6, 6.07) is 7.37. The largest absolute Gasteiger partial charge is 0.492 e. The van der Waals surface area contributed by atoms with Crippen molar-refractivity contribution < 1.29 is 17.9 Å². The Kier molecular flexibility index (Phi) is 3.77. The van der Waals surface area contributed by atoms with Crippen LogP contribution < -0.4 is 0 Å². The van der Waals surface area contributed by atoms with Gasteiger partial charge in [0.2, 0.25) is 0 Å². The van der Waals surface area contributed by atoms with E-state index in [-0.39, 0.29) is 0 Å². The molecule has 0 aromatic heterocycles. The summed E-state index contributed by atoms with van der Waals surface area (Å²) < 4.78 is 39.4. The van der Waals surface area contributed by atoms with Gasteiger partial charge in [-0.2, -0.15) is 13.2 Å². The van der Waals surface area contributed by atoms with Crippen LogP contribution >= 0.6 is 0 Å². The highest BCUT2D eigenvalue weighted by atomic mass is 19.4. The average molecular weight is 216 g/mol. The Morgan fingerprint density at radius 3 is 2.33 bits per heavy atom. The Hall–Kier alpha value is -1.45. The van der Waals surface area contributed by atoms with Gasteiger partial charge in [-0.25, -0.2) is 0 Å². The van der Waals surface area contributed by atoms with E-state index < -0.39 is 12.8 Å². The first-order valence-electron chi connectivity index (χ1n) is 4.39. The maximum Gasteiger partial charge on any atom is 0.422 e. The molecule has 0 bridgehead atoms. The van der Waals surface area contributed by atoms with E-state index in [1.165, 1.54) is 6.08 Å². The molecule has 82 valence electrons. The molecule has 0 heterocycles. The molecule has 0 atom stereocenters. The molecule has 0 radical (unpaired) electrons. The summed E-state index contributed by atoms with van der Waals surface area (Å²) in [7, 11) is 0. The molecule has 0 aliphatic carbocycles. The van der Waals surface area contributed by atoms with E-state index >= 15 is 0 Å². The van der Waals surface area contributed by atoms with E-state index in [0.29, 0.717) is 0 Å². The predicted molar refractivity (Wildman–Crippen MR) is 52.2 cm³/mol. The fourth-order valence-electron chi connectivity index (χ4n) is 0.947. The minimum Gasteiger partial charge on any atom is -0.492 e. The van der Waals surface area contributed by atoms with Crippen molar-refractivity contribution in [1.82, 2.24) is 0 Å². The number of hydrogen-bond acceptors (Lipinski definition) is 1. The summed E-state index contributed by atoms with van der Waals surface area (Å²) in [6.07, 6.45) is -1.74. The first kappa shape index (κ1) is 11.6. The molecule has 0 amide bonds. The summed E-state index contributed by atoms with van der Waals surface area (Å²) >= 11 is 0. The van der Waals surface area contributed by atoms with Gasteiger partial charge >= 0.3 is 6.18 Å². The van der Waals surface area contributed by atoms with E-state index in [1.54, 1.807) is 0 Å². The molecule has 0 N–H and O–H groups in total. The lowest BCUT2D eigenvalue weighted by Crippen LogP contribution is -2.14. The summed E-state index contributed by atoms with van der Waals surface area (Å²) in [6.45, 7) is 0.684. The van der Waals surface area contributed by atoms with Gasteiger partial charge in [-0.3, -0.25) is 0 Å². The second-order valence-corrected chi connectivity index (χ2v) is 3.14. The van der Waals surface area contributed by atoms with Crippen molar-refractivity contribution in [3.8, 4) is 0 Å². The lowest BCUT2D eigenvalue weighted by atomic mass is 10.1. The second-order valence-electron chi connectivity index (χ2n) is 3.14. The molecule has 0 spiro atoms. The molecule has 0 aliphatic heterocycles. The van der Waals surface area contributed by atoms with Crippen LogP contribution in [0.15, 0.2) is 30.5 Å². The minimum atomic E-state index is -4.28. The van der Waals surface area contributed by atoms with Gasteiger partial charge in [-0.15, -0.1) is 0 Å². The Morgan fingerprint density at radius 2 is 1.80 bits per heavy atom. The molecule has 1 nitrogen and oxygen atoms in total.